The van der Waals surface area contributed by atoms with E-state index in [-0.39, 0.29) is 5.84 Å². The van der Waals surface area contributed by atoms with Crippen LogP contribution in [0.1, 0.15) is 0 Å². The van der Waals surface area contributed by atoms with Gasteiger partial charge in [0, 0.05) is 11.9 Å². The molecule has 10 heavy (non-hydrogen) atoms. The van der Waals surface area contributed by atoms with Crippen molar-refractivity contribution >= 4 is 27.8 Å². The van der Waals surface area contributed by atoms with Crippen LogP contribution in [-0.4, -0.2) is 26.3 Å². The van der Waals surface area contributed by atoms with Gasteiger partial charge in [0.05, 0.1) is 12.0 Å². The molecule has 7 heteroatoms. The Morgan fingerprint density at radius 1 is 1.70 bits per heavy atom. The molecule has 0 saturated carbocycles. The van der Waals surface area contributed by atoms with Gasteiger partial charge in [-0.15, -0.1) is 14.0 Å². The van der Waals surface area contributed by atoms with Crippen LogP contribution >= 0.6 is 11.9 Å². The predicted molar refractivity (Wildman–Crippen MR) is 39.6 cm³/mol. The first-order valence-electron chi connectivity index (χ1n) is 2.40. The van der Waals surface area contributed by atoms with Crippen LogP contribution in [-0.2, 0) is 10.0 Å². The topological polar surface area (TPSA) is 71.2 Å². The van der Waals surface area contributed by atoms with E-state index in [1.165, 1.54) is 11.9 Å². The molecule has 56 valence electrons. The molecule has 1 rings (SSSR count). The molecule has 0 fully saturated rings. The summed E-state index contributed by atoms with van der Waals surface area (Å²) in [6.45, 7) is 0. The zero-order valence-electron chi connectivity index (χ0n) is 5.18. The van der Waals surface area contributed by atoms with E-state index in [1.807, 2.05) is 0 Å². The van der Waals surface area contributed by atoms with E-state index in [4.69, 9.17) is 0 Å². The molecular formula is C3H5N3O2S2. The molecular weight excluding hydrogens is 174 g/mol. The smallest absolute Gasteiger partial charge is 0.205 e. The van der Waals surface area contributed by atoms with Gasteiger partial charge in [0.2, 0.25) is 0 Å². The summed E-state index contributed by atoms with van der Waals surface area (Å²) >= 11 is 1.19. The van der Waals surface area contributed by atoms with Crippen LogP contribution < -0.4 is 0 Å². The molecule has 0 amide bonds. The lowest BCUT2D eigenvalue weighted by molar-refractivity contribution is 0.603. The standard InChI is InChI=1S/C3H5N3O2S2/c1-10(7,8)5-3-2-9-6-4-3/h2H2,1H3. The molecule has 0 bridgehead atoms. The zero-order valence-corrected chi connectivity index (χ0v) is 6.81. The van der Waals surface area contributed by atoms with Crippen molar-refractivity contribution in [1.29, 1.82) is 0 Å². The van der Waals surface area contributed by atoms with Crippen LogP contribution in [0.3, 0.4) is 0 Å². The van der Waals surface area contributed by atoms with Gasteiger partial charge in [-0.25, -0.2) is 8.42 Å². The van der Waals surface area contributed by atoms with Crippen LogP contribution in [0.4, 0.5) is 0 Å². The highest BCUT2D eigenvalue weighted by Crippen LogP contribution is 2.12. The van der Waals surface area contributed by atoms with E-state index in [0.29, 0.717) is 5.75 Å². The Morgan fingerprint density at radius 2 is 2.40 bits per heavy atom. The molecule has 0 unspecified atom stereocenters. The Hall–Kier alpha value is -0.430. The lowest BCUT2D eigenvalue weighted by Crippen LogP contribution is -1.98. The van der Waals surface area contributed by atoms with Gasteiger partial charge in [-0.3, -0.25) is 0 Å². The number of sulfonamides is 1. The average molecular weight is 179 g/mol. The van der Waals surface area contributed by atoms with Crippen molar-refractivity contribution in [1.82, 2.24) is 0 Å². The molecule has 0 radical (unpaired) electrons. The van der Waals surface area contributed by atoms with Gasteiger partial charge in [0.25, 0.3) is 10.0 Å². The molecule has 0 N–H and O–H groups in total. The van der Waals surface area contributed by atoms with E-state index < -0.39 is 10.0 Å². The largest absolute Gasteiger partial charge is 0.252 e. The highest BCUT2D eigenvalue weighted by atomic mass is 32.2. The quantitative estimate of drug-likeness (QED) is 0.549. The molecule has 0 aromatic heterocycles. The first-order valence-corrected chi connectivity index (χ1v) is 5.19. The molecule has 0 aromatic carbocycles. The molecule has 0 spiro atoms. The number of nitrogens with zero attached hydrogens (tertiary/aromatic N) is 3. The average Bonchev–Trinajstić information content (AvgIpc) is 2.12. The summed E-state index contributed by atoms with van der Waals surface area (Å²) in [5, 5.41) is 3.48. The van der Waals surface area contributed by atoms with E-state index in [1.54, 1.807) is 0 Å². The van der Waals surface area contributed by atoms with Crippen molar-refractivity contribution in [3.63, 3.8) is 0 Å². The van der Waals surface area contributed by atoms with Gasteiger partial charge in [0.1, 0.15) is 0 Å². The molecule has 0 saturated heterocycles. The Labute approximate surface area is 62.8 Å². The van der Waals surface area contributed by atoms with E-state index >= 15 is 0 Å². The minimum atomic E-state index is -3.29. The van der Waals surface area contributed by atoms with E-state index in [9.17, 15) is 8.42 Å². The summed E-state index contributed by atoms with van der Waals surface area (Å²) in [6.07, 6.45) is 1.03. The predicted octanol–water partition coefficient (Wildman–Crippen LogP) is 0.459. The monoisotopic (exact) mass is 179 g/mol. The lowest BCUT2D eigenvalue weighted by Gasteiger charge is -1.85. The number of amidine groups is 1. The lowest BCUT2D eigenvalue weighted by atomic mass is 10.7. The highest BCUT2D eigenvalue weighted by molar-refractivity contribution is 7.99. The summed E-state index contributed by atoms with van der Waals surface area (Å²) in [7, 11) is -3.29. The van der Waals surface area contributed by atoms with Crippen molar-refractivity contribution < 1.29 is 8.42 Å². The third-order valence-corrected chi connectivity index (χ3v) is 1.81. The number of hydrogen-bond acceptors (Lipinski definition) is 4. The summed E-state index contributed by atoms with van der Waals surface area (Å²) in [5.41, 5.74) is 0. The third kappa shape index (κ3) is 2.44. The van der Waals surface area contributed by atoms with Gasteiger partial charge < -0.3 is 0 Å². The van der Waals surface area contributed by atoms with Gasteiger partial charge in [-0.05, 0) is 0 Å². The van der Waals surface area contributed by atoms with Crippen LogP contribution in [0.2, 0.25) is 0 Å². The summed E-state index contributed by atoms with van der Waals surface area (Å²) in [5.74, 6) is 0.722. The Balaban J connectivity index is 2.83. The molecule has 1 aliphatic heterocycles. The van der Waals surface area contributed by atoms with Gasteiger partial charge in [-0.1, -0.05) is 0 Å². The van der Waals surface area contributed by atoms with Gasteiger partial charge in [-0.2, -0.15) is 0 Å². The molecule has 1 heterocycles. The van der Waals surface area contributed by atoms with Crippen LogP contribution in [0, 0.1) is 0 Å². The number of hydrogen-bond donors (Lipinski definition) is 0. The maximum atomic E-state index is 10.5. The molecule has 0 aromatic rings. The molecule has 0 aliphatic carbocycles. The zero-order chi connectivity index (χ0) is 7.61. The summed E-state index contributed by atoms with van der Waals surface area (Å²) < 4.78 is 27.8. The molecule has 5 nitrogen and oxygen atoms in total. The Bertz CT molecular complexity index is 278. The minimum Gasteiger partial charge on any atom is -0.205 e. The number of rotatable bonds is 1. The highest BCUT2D eigenvalue weighted by Gasteiger charge is 2.08. The fourth-order valence-corrected chi connectivity index (χ4v) is 1.44. The first-order chi connectivity index (χ1) is 4.58. The van der Waals surface area contributed by atoms with Crippen molar-refractivity contribution in [3.05, 3.63) is 0 Å². The molecule has 1 aliphatic rings. The van der Waals surface area contributed by atoms with Gasteiger partial charge in [0.15, 0.2) is 5.84 Å². The molecule has 0 atom stereocenters. The maximum absolute atomic E-state index is 10.5. The Morgan fingerprint density at radius 3 is 2.80 bits per heavy atom. The maximum Gasteiger partial charge on any atom is 0.252 e. The van der Waals surface area contributed by atoms with Gasteiger partial charge >= 0.3 is 0 Å². The second-order valence-corrected chi connectivity index (χ2v) is 4.05. The second-order valence-electron chi connectivity index (χ2n) is 1.70. The van der Waals surface area contributed by atoms with Crippen LogP contribution in [0.25, 0.3) is 0 Å². The second kappa shape index (κ2) is 2.67. The first kappa shape index (κ1) is 7.67. The third-order valence-electron chi connectivity index (χ3n) is 0.679. The minimum absolute atomic E-state index is 0.271. The Kier molecular flexibility index (Phi) is 2.05. The van der Waals surface area contributed by atoms with E-state index in [0.717, 1.165) is 6.26 Å². The van der Waals surface area contributed by atoms with Crippen molar-refractivity contribution in [3.8, 4) is 0 Å². The summed E-state index contributed by atoms with van der Waals surface area (Å²) in [4.78, 5) is 0. The van der Waals surface area contributed by atoms with Crippen molar-refractivity contribution in [2.45, 2.75) is 0 Å². The van der Waals surface area contributed by atoms with Crippen LogP contribution in [0.15, 0.2) is 14.0 Å². The van der Waals surface area contributed by atoms with Crippen molar-refractivity contribution in [2.75, 3.05) is 12.0 Å². The fraction of sp³-hybridized carbons (Fsp3) is 0.667. The van der Waals surface area contributed by atoms with E-state index in [2.05, 4.69) is 14.0 Å². The normalized spacial score (nSPS) is 22.3. The van der Waals surface area contributed by atoms with Crippen molar-refractivity contribution in [2.24, 2.45) is 14.0 Å². The van der Waals surface area contributed by atoms with Crippen LogP contribution in [0.5, 0.6) is 0 Å². The fourth-order valence-electron chi connectivity index (χ4n) is 0.427. The SMILES string of the molecule is CS(=O)(=O)N=C1CSN=N1. The summed E-state index contributed by atoms with van der Waals surface area (Å²) in [6, 6.07) is 0.